The van der Waals surface area contributed by atoms with Crippen LogP contribution in [-0.4, -0.2) is 23.0 Å². The summed E-state index contributed by atoms with van der Waals surface area (Å²) in [6, 6.07) is 11.7. The Morgan fingerprint density at radius 3 is 2.52 bits per heavy atom. The largest absolute Gasteiger partial charge is 0.508 e. The normalized spacial score (nSPS) is 16.5. The quantitative estimate of drug-likeness (QED) is 0.664. The monoisotopic (exact) mass is 390 g/mol. The summed E-state index contributed by atoms with van der Waals surface area (Å²) < 4.78 is 5.65. The van der Waals surface area contributed by atoms with Crippen LogP contribution in [0.4, 0.5) is 5.69 Å². The minimum atomic E-state index is 0. The minimum Gasteiger partial charge on any atom is -0.508 e. The molecule has 5 nitrogen and oxygen atoms in total. The van der Waals surface area contributed by atoms with Crippen LogP contribution in [0.1, 0.15) is 43.2 Å². The zero-order valence-corrected chi connectivity index (χ0v) is 16.2. The van der Waals surface area contributed by atoms with Gasteiger partial charge in [-0.1, -0.05) is 31.4 Å². The molecule has 0 radical (unpaired) electrons. The highest BCUT2D eigenvalue weighted by Crippen LogP contribution is 2.36. The first-order chi connectivity index (χ1) is 12.7. The van der Waals surface area contributed by atoms with E-state index in [1.165, 1.54) is 32.1 Å². The number of ether oxygens (including phenoxy) is 1. The van der Waals surface area contributed by atoms with Gasteiger partial charge in [-0.25, -0.2) is 0 Å². The van der Waals surface area contributed by atoms with Crippen molar-refractivity contribution in [2.45, 2.75) is 51.2 Å². The standard InChI is InChI=1S/C21H26N2O3.ClH/c24-19-11-16(13-23-14-26-21-9-5-4-8-18(21)23)20(25)10-15(19)12-22-17-6-2-1-3-7-17;/h4-5,8-11,17,22,24-25H,1-3,6-7,12-14H2;1H. The number of rotatable bonds is 5. The maximum Gasteiger partial charge on any atom is 0.162 e. The average Bonchev–Trinajstić information content (AvgIpc) is 3.07. The lowest BCUT2D eigenvalue weighted by molar-refractivity contribution is 0.344. The summed E-state index contributed by atoms with van der Waals surface area (Å²) in [4.78, 5) is 2.05. The summed E-state index contributed by atoms with van der Waals surface area (Å²) in [7, 11) is 0. The van der Waals surface area contributed by atoms with Gasteiger partial charge in [0, 0.05) is 23.7 Å². The number of hydrogen-bond donors (Lipinski definition) is 3. The van der Waals surface area contributed by atoms with Crippen LogP contribution in [0.25, 0.3) is 0 Å². The molecule has 146 valence electrons. The van der Waals surface area contributed by atoms with Crippen molar-refractivity contribution >= 4 is 18.1 Å². The molecule has 6 heteroatoms. The van der Waals surface area contributed by atoms with E-state index in [2.05, 4.69) is 5.32 Å². The first kappa shape index (κ1) is 19.6. The van der Waals surface area contributed by atoms with Crippen molar-refractivity contribution in [3.63, 3.8) is 0 Å². The molecule has 1 aliphatic carbocycles. The number of nitrogens with one attached hydrogen (secondary N) is 1. The molecule has 27 heavy (non-hydrogen) atoms. The van der Waals surface area contributed by atoms with Crippen molar-refractivity contribution in [2.75, 3.05) is 11.6 Å². The van der Waals surface area contributed by atoms with E-state index in [1.54, 1.807) is 12.1 Å². The van der Waals surface area contributed by atoms with E-state index in [9.17, 15) is 10.2 Å². The minimum absolute atomic E-state index is 0. The van der Waals surface area contributed by atoms with E-state index in [1.807, 2.05) is 29.2 Å². The number of phenols is 2. The molecule has 2 aromatic carbocycles. The van der Waals surface area contributed by atoms with Crippen LogP contribution in [0.3, 0.4) is 0 Å². The van der Waals surface area contributed by atoms with Crippen LogP contribution in [0.5, 0.6) is 17.2 Å². The lowest BCUT2D eigenvalue weighted by atomic mass is 9.95. The highest BCUT2D eigenvalue weighted by atomic mass is 35.5. The lowest BCUT2D eigenvalue weighted by Gasteiger charge is -2.23. The Bertz CT molecular complexity index is 778. The van der Waals surface area contributed by atoms with Crippen molar-refractivity contribution in [1.29, 1.82) is 0 Å². The summed E-state index contributed by atoms with van der Waals surface area (Å²) >= 11 is 0. The molecule has 0 spiro atoms. The fraction of sp³-hybridized carbons (Fsp3) is 0.429. The molecule has 0 aromatic heterocycles. The molecule has 2 aromatic rings. The molecule has 1 aliphatic heterocycles. The summed E-state index contributed by atoms with van der Waals surface area (Å²) in [6.07, 6.45) is 6.25. The Hall–Kier alpha value is -2.11. The molecule has 4 rings (SSSR count). The highest BCUT2D eigenvalue weighted by Gasteiger charge is 2.21. The fourth-order valence-electron chi connectivity index (χ4n) is 3.89. The smallest absolute Gasteiger partial charge is 0.162 e. The van der Waals surface area contributed by atoms with E-state index in [0.717, 1.165) is 17.0 Å². The maximum atomic E-state index is 10.5. The molecule has 0 atom stereocenters. The zero-order valence-electron chi connectivity index (χ0n) is 15.4. The lowest BCUT2D eigenvalue weighted by Crippen LogP contribution is -2.30. The number of halogens is 1. The third-order valence-electron chi connectivity index (χ3n) is 5.41. The number of para-hydroxylation sites is 2. The van der Waals surface area contributed by atoms with Crippen molar-refractivity contribution in [3.8, 4) is 17.2 Å². The van der Waals surface area contributed by atoms with Crippen molar-refractivity contribution < 1.29 is 14.9 Å². The van der Waals surface area contributed by atoms with Crippen molar-refractivity contribution in [2.24, 2.45) is 0 Å². The molecule has 0 amide bonds. The molecule has 0 saturated heterocycles. The van der Waals surface area contributed by atoms with Crippen LogP contribution >= 0.6 is 12.4 Å². The Labute approximate surface area is 166 Å². The van der Waals surface area contributed by atoms with Gasteiger partial charge in [0.2, 0.25) is 0 Å². The Balaban J connectivity index is 0.00000210. The van der Waals surface area contributed by atoms with Crippen LogP contribution < -0.4 is 15.0 Å². The van der Waals surface area contributed by atoms with Crippen molar-refractivity contribution in [1.82, 2.24) is 5.32 Å². The van der Waals surface area contributed by atoms with E-state index >= 15 is 0 Å². The van der Waals surface area contributed by atoms with Gasteiger partial charge in [0.05, 0.1) is 12.2 Å². The molecule has 0 bridgehead atoms. The van der Waals surface area contributed by atoms with Crippen molar-refractivity contribution in [3.05, 3.63) is 47.5 Å². The van der Waals surface area contributed by atoms with Crippen LogP contribution in [-0.2, 0) is 13.1 Å². The maximum absolute atomic E-state index is 10.5. The number of benzene rings is 2. The number of nitrogens with zero attached hydrogens (tertiary/aromatic N) is 1. The van der Waals surface area contributed by atoms with Gasteiger partial charge in [-0.05, 0) is 37.1 Å². The van der Waals surface area contributed by atoms with Crippen LogP contribution in [0.15, 0.2) is 36.4 Å². The molecule has 1 saturated carbocycles. The van der Waals surface area contributed by atoms with Gasteiger partial charge in [0.25, 0.3) is 0 Å². The van der Waals surface area contributed by atoms with Gasteiger partial charge < -0.3 is 25.2 Å². The first-order valence-corrected chi connectivity index (χ1v) is 9.44. The number of aromatic hydroxyl groups is 2. The second kappa shape index (κ2) is 8.72. The third-order valence-corrected chi connectivity index (χ3v) is 5.41. The Kier molecular flexibility index (Phi) is 6.34. The second-order valence-electron chi connectivity index (χ2n) is 7.26. The molecule has 1 fully saturated rings. The number of hydrogen-bond acceptors (Lipinski definition) is 5. The molecule has 0 unspecified atom stereocenters. The van der Waals surface area contributed by atoms with Crippen LogP contribution in [0, 0.1) is 0 Å². The highest BCUT2D eigenvalue weighted by molar-refractivity contribution is 5.85. The van der Waals surface area contributed by atoms with E-state index in [-0.39, 0.29) is 23.9 Å². The molecular formula is C21H27ClN2O3. The van der Waals surface area contributed by atoms with Gasteiger partial charge in [0.15, 0.2) is 6.73 Å². The topological polar surface area (TPSA) is 65.0 Å². The summed E-state index contributed by atoms with van der Waals surface area (Å²) in [5, 5.41) is 24.4. The van der Waals surface area contributed by atoms with Gasteiger partial charge in [0.1, 0.15) is 17.2 Å². The van der Waals surface area contributed by atoms with E-state index < -0.39 is 0 Å². The van der Waals surface area contributed by atoms with Gasteiger partial charge in [-0.3, -0.25) is 0 Å². The zero-order chi connectivity index (χ0) is 17.9. The summed E-state index contributed by atoms with van der Waals surface area (Å²) in [5.41, 5.74) is 2.45. The van der Waals surface area contributed by atoms with Gasteiger partial charge in [-0.2, -0.15) is 0 Å². The van der Waals surface area contributed by atoms with Gasteiger partial charge >= 0.3 is 0 Å². The summed E-state index contributed by atoms with van der Waals surface area (Å²) in [6.45, 7) is 1.53. The Morgan fingerprint density at radius 2 is 1.70 bits per heavy atom. The predicted molar refractivity (Wildman–Crippen MR) is 109 cm³/mol. The Morgan fingerprint density at radius 1 is 1.00 bits per heavy atom. The predicted octanol–water partition coefficient (Wildman–Crippen LogP) is 4.30. The second-order valence-corrected chi connectivity index (χ2v) is 7.26. The third kappa shape index (κ3) is 4.42. The molecule has 3 N–H and O–H groups in total. The van der Waals surface area contributed by atoms with Crippen LogP contribution in [0.2, 0.25) is 0 Å². The number of fused-ring (bicyclic) bond motifs is 1. The number of anilines is 1. The number of phenolic OH excluding ortho intramolecular Hbond substituents is 2. The SMILES string of the molecule is Cl.Oc1cc(CN2COc3ccccc32)c(O)cc1CNC1CCCCC1. The fourth-order valence-corrected chi connectivity index (χ4v) is 3.89. The molecule has 1 heterocycles. The average molecular weight is 391 g/mol. The van der Waals surface area contributed by atoms with E-state index in [4.69, 9.17) is 4.74 Å². The molecular weight excluding hydrogens is 364 g/mol. The molecule has 2 aliphatic rings. The first-order valence-electron chi connectivity index (χ1n) is 9.44. The van der Waals surface area contributed by atoms with Gasteiger partial charge in [-0.15, -0.1) is 12.4 Å². The van der Waals surface area contributed by atoms with E-state index in [0.29, 0.717) is 31.4 Å². The summed E-state index contributed by atoms with van der Waals surface area (Å²) in [5.74, 6) is 1.30.